The topological polar surface area (TPSA) is 55.4 Å². The zero-order valence-electron chi connectivity index (χ0n) is 15.0. The molecule has 4 heteroatoms. The predicted molar refractivity (Wildman–Crippen MR) is 94.7 cm³/mol. The number of ether oxygens (including phenoxy) is 1. The van der Waals surface area contributed by atoms with Gasteiger partial charge < -0.3 is 10.1 Å². The molecule has 0 aromatic heterocycles. The monoisotopic (exact) mass is 331 g/mol. The van der Waals surface area contributed by atoms with Crippen molar-refractivity contribution in [3.05, 3.63) is 35.9 Å². The highest BCUT2D eigenvalue weighted by Gasteiger charge is 2.34. The molecule has 0 bridgehead atoms. The molecular formula is C20H29NO3. The molecule has 1 atom stereocenters. The van der Waals surface area contributed by atoms with Gasteiger partial charge in [0, 0.05) is 6.04 Å². The highest BCUT2D eigenvalue weighted by molar-refractivity contribution is 5.87. The van der Waals surface area contributed by atoms with Gasteiger partial charge in [0.15, 0.2) is 6.10 Å². The Hall–Kier alpha value is -1.84. The average molecular weight is 331 g/mol. The number of carbonyl (C=O) groups excluding carboxylic acids is 2. The number of nitrogens with one attached hydrogen (secondary N) is 1. The van der Waals surface area contributed by atoms with Crippen molar-refractivity contribution in [2.75, 3.05) is 0 Å². The molecule has 0 unspecified atom stereocenters. The minimum absolute atomic E-state index is 0.195. The fourth-order valence-corrected chi connectivity index (χ4v) is 3.08. The second kappa shape index (κ2) is 8.32. The van der Waals surface area contributed by atoms with Crippen molar-refractivity contribution in [3.63, 3.8) is 0 Å². The first-order chi connectivity index (χ1) is 11.4. The standard InChI is InChI=1S/C20H29NO3/c1-15(18(22)21-17-13-9-4-5-10-14-17)24-19(23)20(2,3)16-11-7-6-8-12-16/h6-8,11-12,15,17H,4-5,9-10,13-14H2,1-3H3,(H,21,22)/t15-/m1/s1. The van der Waals surface area contributed by atoms with Crippen molar-refractivity contribution >= 4 is 11.9 Å². The summed E-state index contributed by atoms with van der Waals surface area (Å²) in [5.41, 5.74) is 0.101. The van der Waals surface area contributed by atoms with Gasteiger partial charge in [-0.25, -0.2) is 0 Å². The van der Waals surface area contributed by atoms with Crippen LogP contribution < -0.4 is 5.32 Å². The number of hydrogen-bond acceptors (Lipinski definition) is 3. The predicted octanol–water partition coefficient (Wildman–Crippen LogP) is 3.73. The highest BCUT2D eigenvalue weighted by Crippen LogP contribution is 2.25. The minimum Gasteiger partial charge on any atom is -0.452 e. The Morgan fingerprint density at radius 1 is 1.08 bits per heavy atom. The Labute approximate surface area is 145 Å². The second-order valence-corrected chi connectivity index (χ2v) is 7.24. The Balaban J connectivity index is 1.91. The maximum absolute atomic E-state index is 12.5. The van der Waals surface area contributed by atoms with E-state index < -0.39 is 11.5 Å². The molecule has 1 fully saturated rings. The fourth-order valence-electron chi connectivity index (χ4n) is 3.08. The van der Waals surface area contributed by atoms with Crippen molar-refractivity contribution in [1.29, 1.82) is 0 Å². The van der Waals surface area contributed by atoms with E-state index in [-0.39, 0.29) is 17.9 Å². The van der Waals surface area contributed by atoms with E-state index in [1.165, 1.54) is 12.8 Å². The van der Waals surface area contributed by atoms with E-state index in [1.54, 1.807) is 6.92 Å². The third kappa shape index (κ3) is 4.83. The summed E-state index contributed by atoms with van der Waals surface area (Å²) in [5.74, 6) is -0.573. The number of carbonyl (C=O) groups is 2. The Morgan fingerprint density at radius 2 is 1.67 bits per heavy atom. The van der Waals surface area contributed by atoms with E-state index in [9.17, 15) is 9.59 Å². The van der Waals surface area contributed by atoms with Crippen LogP contribution in [0.4, 0.5) is 0 Å². The van der Waals surface area contributed by atoms with Gasteiger partial charge >= 0.3 is 5.97 Å². The molecule has 1 amide bonds. The second-order valence-electron chi connectivity index (χ2n) is 7.24. The Kier molecular flexibility index (Phi) is 6.41. The van der Waals surface area contributed by atoms with Gasteiger partial charge in [-0.1, -0.05) is 56.0 Å². The molecule has 0 radical (unpaired) electrons. The molecule has 0 aliphatic heterocycles. The van der Waals surface area contributed by atoms with Gasteiger partial charge in [0.2, 0.25) is 0 Å². The van der Waals surface area contributed by atoms with Gasteiger partial charge in [0.25, 0.3) is 5.91 Å². The molecule has 1 saturated carbocycles. The molecule has 0 heterocycles. The molecule has 0 spiro atoms. The lowest BCUT2D eigenvalue weighted by Crippen LogP contribution is -2.44. The molecule has 1 N–H and O–H groups in total. The van der Waals surface area contributed by atoms with Crippen LogP contribution in [0.5, 0.6) is 0 Å². The fraction of sp³-hybridized carbons (Fsp3) is 0.600. The molecule has 24 heavy (non-hydrogen) atoms. The summed E-state index contributed by atoms with van der Waals surface area (Å²) in [6.45, 7) is 5.28. The molecule has 1 aliphatic rings. The summed E-state index contributed by atoms with van der Waals surface area (Å²) in [4.78, 5) is 24.9. The van der Waals surface area contributed by atoms with Crippen LogP contribution in [0.25, 0.3) is 0 Å². The van der Waals surface area contributed by atoms with Gasteiger partial charge in [-0.05, 0) is 39.2 Å². The first-order valence-electron chi connectivity index (χ1n) is 8.98. The van der Waals surface area contributed by atoms with Crippen molar-refractivity contribution in [2.45, 2.75) is 76.9 Å². The van der Waals surface area contributed by atoms with Crippen LogP contribution in [0, 0.1) is 0 Å². The summed E-state index contributed by atoms with van der Waals surface area (Å²) in [7, 11) is 0. The van der Waals surface area contributed by atoms with Gasteiger partial charge in [-0.15, -0.1) is 0 Å². The van der Waals surface area contributed by atoms with Gasteiger partial charge in [0.05, 0.1) is 5.41 Å². The Bertz CT molecular complexity index is 545. The molecular weight excluding hydrogens is 302 g/mol. The van der Waals surface area contributed by atoms with Crippen molar-refractivity contribution < 1.29 is 14.3 Å². The first kappa shape index (κ1) is 18.5. The molecule has 0 saturated heterocycles. The third-order valence-corrected chi connectivity index (χ3v) is 4.86. The lowest BCUT2D eigenvalue weighted by Gasteiger charge is -2.26. The van der Waals surface area contributed by atoms with E-state index in [4.69, 9.17) is 4.74 Å². The van der Waals surface area contributed by atoms with Crippen LogP contribution in [-0.2, 0) is 19.7 Å². The van der Waals surface area contributed by atoms with Crippen molar-refractivity contribution in [1.82, 2.24) is 5.32 Å². The molecule has 1 aliphatic carbocycles. The zero-order chi connectivity index (χ0) is 17.6. The van der Waals surface area contributed by atoms with E-state index in [1.807, 2.05) is 44.2 Å². The lowest BCUT2D eigenvalue weighted by atomic mass is 9.85. The third-order valence-electron chi connectivity index (χ3n) is 4.86. The maximum Gasteiger partial charge on any atom is 0.316 e. The van der Waals surface area contributed by atoms with Crippen molar-refractivity contribution in [2.24, 2.45) is 0 Å². The SMILES string of the molecule is C[C@@H](OC(=O)C(C)(C)c1ccccc1)C(=O)NC1CCCCCC1. The summed E-state index contributed by atoms with van der Waals surface area (Å²) in [5, 5.41) is 3.04. The van der Waals surface area contributed by atoms with E-state index in [2.05, 4.69) is 5.32 Å². The summed E-state index contributed by atoms with van der Waals surface area (Å²) < 4.78 is 5.45. The average Bonchev–Trinajstić information content (AvgIpc) is 2.84. The van der Waals surface area contributed by atoms with Crippen LogP contribution in [0.2, 0.25) is 0 Å². The summed E-state index contributed by atoms with van der Waals surface area (Å²) in [6.07, 6.45) is 6.04. The quantitative estimate of drug-likeness (QED) is 0.660. The number of esters is 1. The molecule has 1 aromatic carbocycles. The van der Waals surface area contributed by atoms with Crippen LogP contribution in [0.15, 0.2) is 30.3 Å². The lowest BCUT2D eigenvalue weighted by molar-refractivity contribution is -0.159. The van der Waals surface area contributed by atoms with Crippen LogP contribution >= 0.6 is 0 Å². The van der Waals surface area contributed by atoms with E-state index in [0.29, 0.717) is 0 Å². The first-order valence-corrected chi connectivity index (χ1v) is 8.98. The summed E-state index contributed by atoms with van der Waals surface area (Å²) in [6, 6.07) is 9.71. The van der Waals surface area contributed by atoms with Crippen LogP contribution in [0.1, 0.15) is 64.9 Å². The highest BCUT2D eigenvalue weighted by atomic mass is 16.5. The minimum atomic E-state index is -0.780. The molecule has 132 valence electrons. The van der Waals surface area contributed by atoms with Crippen molar-refractivity contribution in [3.8, 4) is 0 Å². The zero-order valence-corrected chi connectivity index (χ0v) is 15.0. The summed E-state index contributed by atoms with van der Waals surface area (Å²) >= 11 is 0. The molecule has 1 aromatic rings. The number of rotatable bonds is 5. The van der Waals surface area contributed by atoms with Crippen LogP contribution in [-0.4, -0.2) is 24.0 Å². The van der Waals surface area contributed by atoms with Gasteiger partial charge in [-0.3, -0.25) is 9.59 Å². The number of hydrogen-bond donors (Lipinski definition) is 1. The van der Waals surface area contributed by atoms with E-state index in [0.717, 1.165) is 31.2 Å². The molecule has 4 nitrogen and oxygen atoms in total. The molecule has 2 rings (SSSR count). The number of benzene rings is 1. The van der Waals surface area contributed by atoms with E-state index >= 15 is 0 Å². The maximum atomic E-state index is 12.5. The number of amides is 1. The van der Waals surface area contributed by atoms with Gasteiger partial charge in [0.1, 0.15) is 0 Å². The largest absolute Gasteiger partial charge is 0.452 e. The Morgan fingerprint density at radius 3 is 2.25 bits per heavy atom. The van der Waals surface area contributed by atoms with Crippen LogP contribution in [0.3, 0.4) is 0 Å². The van der Waals surface area contributed by atoms with Gasteiger partial charge in [-0.2, -0.15) is 0 Å². The smallest absolute Gasteiger partial charge is 0.316 e. The normalized spacial score (nSPS) is 17.6.